The molecule has 0 saturated carbocycles. The van der Waals surface area contributed by atoms with E-state index in [-0.39, 0.29) is 6.04 Å². The molecule has 2 saturated heterocycles. The molecule has 0 spiro atoms. The molecule has 26 heavy (non-hydrogen) atoms. The van der Waals surface area contributed by atoms with Gasteiger partial charge < -0.3 is 9.47 Å². The van der Waals surface area contributed by atoms with E-state index in [1.54, 1.807) is 29.6 Å². The molecule has 0 radical (unpaired) electrons. The van der Waals surface area contributed by atoms with E-state index in [9.17, 15) is 8.42 Å². The molecule has 1 aromatic carbocycles. The average molecular weight is 401 g/mol. The summed E-state index contributed by atoms with van der Waals surface area (Å²) in [6.45, 7) is 6.42. The van der Waals surface area contributed by atoms with Crippen LogP contribution in [0.3, 0.4) is 0 Å². The standard InChI is InChI=1S/C18H28N2O4S2/c1-15-12-17(4-5-18(15)23-2)26(21,22)20-6-3-11-25-14-16(20)13-19-7-9-24-10-8-19/h4-5,12,16H,3,6-11,13-14H2,1-2H3. The number of hydrogen-bond acceptors (Lipinski definition) is 6. The largest absolute Gasteiger partial charge is 0.496 e. The Balaban J connectivity index is 1.84. The highest BCUT2D eigenvalue weighted by molar-refractivity contribution is 7.99. The third-order valence-corrected chi connectivity index (χ3v) is 8.08. The van der Waals surface area contributed by atoms with Crippen LogP contribution in [0.15, 0.2) is 23.1 Å². The highest BCUT2D eigenvalue weighted by atomic mass is 32.2. The quantitative estimate of drug-likeness (QED) is 0.752. The van der Waals surface area contributed by atoms with Gasteiger partial charge in [0.25, 0.3) is 0 Å². The molecular formula is C18H28N2O4S2. The van der Waals surface area contributed by atoms with Crippen molar-refractivity contribution in [3.8, 4) is 5.75 Å². The van der Waals surface area contributed by atoms with Gasteiger partial charge in [0.15, 0.2) is 0 Å². The zero-order valence-corrected chi connectivity index (χ0v) is 17.2. The molecule has 3 rings (SSSR count). The van der Waals surface area contributed by atoms with Crippen LogP contribution in [0.25, 0.3) is 0 Å². The second-order valence-electron chi connectivity index (χ2n) is 6.74. The molecule has 146 valence electrons. The van der Waals surface area contributed by atoms with Gasteiger partial charge in [-0.3, -0.25) is 4.90 Å². The topological polar surface area (TPSA) is 59.1 Å². The first kappa shape index (κ1) is 19.9. The Hall–Kier alpha value is -0.800. The molecule has 6 nitrogen and oxygen atoms in total. The summed E-state index contributed by atoms with van der Waals surface area (Å²) in [6.07, 6.45) is 0.888. The summed E-state index contributed by atoms with van der Waals surface area (Å²) in [5, 5.41) is 0. The fraction of sp³-hybridized carbons (Fsp3) is 0.667. The van der Waals surface area contributed by atoms with Crippen molar-refractivity contribution < 1.29 is 17.9 Å². The molecule has 2 fully saturated rings. The van der Waals surface area contributed by atoms with Gasteiger partial charge in [-0.25, -0.2) is 8.42 Å². The van der Waals surface area contributed by atoms with Gasteiger partial charge in [0.2, 0.25) is 10.0 Å². The minimum Gasteiger partial charge on any atom is -0.496 e. The summed E-state index contributed by atoms with van der Waals surface area (Å²) < 4.78 is 39.2. The molecular weight excluding hydrogens is 372 g/mol. The molecule has 1 aromatic rings. The molecule has 2 heterocycles. The maximum Gasteiger partial charge on any atom is 0.243 e. The summed E-state index contributed by atoms with van der Waals surface area (Å²) in [6, 6.07) is 5.11. The maximum atomic E-state index is 13.4. The minimum absolute atomic E-state index is 0.00647. The molecule has 1 atom stereocenters. The van der Waals surface area contributed by atoms with Gasteiger partial charge in [-0.1, -0.05) is 0 Å². The lowest BCUT2D eigenvalue weighted by Gasteiger charge is -2.35. The van der Waals surface area contributed by atoms with E-state index in [2.05, 4.69) is 4.90 Å². The van der Waals surface area contributed by atoms with Crippen LogP contribution in [-0.2, 0) is 14.8 Å². The number of methoxy groups -OCH3 is 1. The lowest BCUT2D eigenvalue weighted by molar-refractivity contribution is 0.0309. The van der Waals surface area contributed by atoms with E-state index >= 15 is 0 Å². The van der Waals surface area contributed by atoms with E-state index in [0.717, 1.165) is 56.3 Å². The Labute approximate surface area is 160 Å². The summed E-state index contributed by atoms with van der Waals surface area (Å²) in [5.74, 6) is 2.55. The SMILES string of the molecule is COc1ccc(S(=O)(=O)N2CCCSCC2CN2CCOCC2)cc1C. The van der Waals surface area contributed by atoms with Crippen molar-refractivity contribution in [3.63, 3.8) is 0 Å². The van der Waals surface area contributed by atoms with Gasteiger partial charge in [-0.15, -0.1) is 0 Å². The van der Waals surface area contributed by atoms with Crippen LogP contribution in [0.4, 0.5) is 0 Å². The van der Waals surface area contributed by atoms with Crippen molar-refractivity contribution in [2.75, 3.05) is 58.0 Å². The summed E-state index contributed by atoms with van der Waals surface area (Å²) in [5.41, 5.74) is 0.836. The third-order valence-electron chi connectivity index (χ3n) is 4.93. The Kier molecular flexibility index (Phi) is 6.85. The van der Waals surface area contributed by atoms with Crippen molar-refractivity contribution in [1.82, 2.24) is 9.21 Å². The highest BCUT2D eigenvalue weighted by Gasteiger charge is 2.34. The first-order valence-corrected chi connectivity index (χ1v) is 11.7. The fourth-order valence-electron chi connectivity index (χ4n) is 3.50. The van der Waals surface area contributed by atoms with Gasteiger partial charge in [0.1, 0.15) is 5.75 Å². The predicted molar refractivity (Wildman–Crippen MR) is 105 cm³/mol. The second-order valence-corrected chi connectivity index (χ2v) is 9.78. The Morgan fingerprint density at radius 3 is 2.73 bits per heavy atom. The molecule has 0 aromatic heterocycles. The van der Waals surface area contributed by atoms with Crippen LogP contribution in [0.5, 0.6) is 5.75 Å². The number of nitrogens with zero attached hydrogens (tertiary/aromatic N) is 2. The van der Waals surface area contributed by atoms with Gasteiger partial charge in [0, 0.05) is 38.0 Å². The van der Waals surface area contributed by atoms with Crippen molar-refractivity contribution in [2.45, 2.75) is 24.3 Å². The third kappa shape index (κ3) is 4.54. The Morgan fingerprint density at radius 1 is 1.27 bits per heavy atom. The summed E-state index contributed by atoms with van der Waals surface area (Å²) in [7, 11) is -1.93. The number of thioether (sulfide) groups is 1. The highest BCUT2D eigenvalue weighted by Crippen LogP contribution is 2.28. The summed E-state index contributed by atoms with van der Waals surface area (Å²) >= 11 is 1.85. The normalized spacial score (nSPS) is 23.5. The Bertz CT molecular complexity index is 705. The number of morpholine rings is 1. The van der Waals surface area contributed by atoms with Crippen LogP contribution in [0, 0.1) is 6.92 Å². The van der Waals surface area contributed by atoms with Crippen molar-refractivity contribution in [1.29, 1.82) is 0 Å². The van der Waals surface area contributed by atoms with Gasteiger partial charge in [-0.05, 0) is 42.9 Å². The molecule has 1 unspecified atom stereocenters. The monoisotopic (exact) mass is 400 g/mol. The van der Waals surface area contributed by atoms with E-state index in [1.807, 2.05) is 18.7 Å². The lowest BCUT2D eigenvalue weighted by atomic mass is 10.2. The maximum absolute atomic E-state index is 13.4. The minimum atomic E-state index is -3.53. The van der Waals surface area contributed by atoms with E-state index in [0.29, 0.717) is 17.2 Å². The van der Waals surface area contributed by atoms with Crippen LogP contribution in [0.1, 0.15) is 12.0 Å². The van der Waals surface area contributed by atoms with Crippen LogP contribution < -0.4 is 4.74 Å². The molecule has 0 aliphatic carbocycles. The predicted octanol–water partition coefficient (Wildman–Crippen LogP) is 1.83. The van der Waals surface area contributed by atoms with E-state index in [1.165, 1.54) is 0 Å². The Morgan fingerprint density at radius 2 is 2.04 bits per heavy atom. The summed E-state index contributed by atoms with van der Waals surface area (Å²) in [4.78, 5) is 2.68. The first-order valence-electron chi connectivity index (χ1n) is 9.06. The molecule has 2 aliphatic heterocycles. The van der Waals surface area contributed by atoms with E-state index < -0.39 is 10.0 Å². The van der Waals surface area contributed by atoms with E-state index in [4.69, 9.17) is 9.47 Å². The molecule has 0 N–H and O–H groups in total. The van der Waals surface area contributed by atoms with Crippen LogP contribution >= 0.6 is 11.8 Å². The molecule has 0 bridgehead atoms. The molecule has 8 heteroatoms. The van der Waals surface area contributed by atoms with Crippen LogP contribution in [-0.4, -0.2) is 81.7 Å². The lowest BCUT2D eigenvalue weighted by Crippen LogP contribution is -2.50. The van der Waals surface area contributed by atoms with Crippen molar-refractivity contribution >= 4 is 21.8 Å². The van der Waals surface area contributed by atoms with Crippen LogP contribution in [0.2, 0.25) is 0 Å². The number of ether oxygens (including phenoxy) is 2. The number of hydrogen-bond donors (Lipinski definition) is 0. The number of aryl methyl sites for hydroxylation is 1. The van der Waals surface area contributed by atoms with Gasteiger partial charge in [-0.2, -0.15) is 16.1 Å². The van der Waals surface area contributed by atoms with Crippen molar-refractivity contribution in [2.24, 2.45) is 0 Å². The van der Waals surface area contributed by atoms with Gasteiger partial charge in [0.05, 0.1) is 25.2 Å². The average Bonchev–Trinajstić information content (AvgIpc) is 2.88. The zero-order valence-electron chi connectivity index (χ0n) is 15.5. The zero-order chi connectivity index (χ0) is 18.6. The second kappa shape index (κ2) is 8.93. The fourth-order valence-corrected chi connectivity index (χ4v) is 6.39. The van der Waals surface area contributed by atoms with Crippen molar-refractivity contribution in [3.05, 3.63) is 23.8 Å². The van der Waals surface area contributed by atoms with Gasteiger partial charge >= 0.3 is 0 Å². The first-order chi connectivity index (χ1) is 12.5. The number of benzene rings is 1. The molecule has 0 amide bonds. The number of sulfonamides is 1. The number of rotatable bonds is 5. The smallest absolute Gasteiger partial charge is 0.243 e. The molecule has 2 aliphatic rings.